The summed E-state index contributed by atoms with van der Waals surface area (Å²) < 4.78 is 110. The van der Waals surface area contributed by atoms with Gasteiger partial charge in [0.25, 0.3) is 36.3 Å². The lowest BCUT2D eigenvalue weighted by Crippen LogP contribution is -2.44. The van der Waals surface area contributed by atoms with E-state index in [2.05, 4.69) is 5.32 Å². The lowest BCUT2D eigenvalue weighted by Gasteiger charge is -2.31. The summed E-state index contributed by atoms with van der Waals surface area (Å²) in [6.07, 6.45) is 2.62. The third-order valence-corrected chi connectivity index (χ3v) is 11.2. The largest absolute Gasteiger partial charge is 0.483 e. The van der Waals surface area contributed by atoms with Crippen LogP contribution in [0.15, 0.2) is 51.1 Å². The van der Waals surface area contributed by atoms with Crippen LogP contribution < -0.4 is 10.1 Å². The van der Waals surface area contributed by atoms with Crippen molar-refractivity contribution in [1.82, 2.24) is 10.2 Å². The number of carbonyl (C=O) groups excluding carboxylic acids is 2. The Labute approximate surface area is 280 Å². The van der Waals surface area contributed by atoms with Gasteiger partial charge in [-0.2, -0.15) is 25.3 Å². The van der Waals surface area contributed by atoms with Crippen molar-refractivity contribution in [3.63, 3.8) is 0 Å². The standard InChI is InChI=1S/C30H32N2O14S3/c33-26(32-12-9-17(10-13-32)30(36)31-11-3-1-2-4-27(34)35)16-46-22-14-23(47(37,38)39)19-7-8-21-25(49(43,44)45)15-24(48(40,41)42)20-6-5-18(22)28(19)29(20)21/h5-8,14-15,17H,1-4,9-13,16H2,(H,31,36)(H,34,35)(H,37,38,39)(H,40,41,42)(H,43,44,45). The van der Waals surface area contributed by atoms with Crippen molar-refractivity contribution in [3.05, 3.63) is 36.4 Å². The van der Waals surface area contributed by atoms with Crippen LogP contribution in [0, 0.1) is 5.92 Å². The van der Waals surface area contributed by atoms with Crippen LogP contribution in [0.5, 0.6) is 5.75 Å². The first-order valence-electron chi connectivity index (χ1n) is 15.0. The number of rotatable bonds is 13. The van der Waals surface area contributed by atoms with Gasteiger partial charge in [0.15, 0.2) is 6.61 Å². The first-order valence-corrected chi connectivity index (χ1v) is 19.3. The topological polar surface area (TPSA) is 259 Å². The number of hydrogen-bond acceptors (Lipinski definition) is 10. The van der Waals surface area contributed by atoms with Crippen LogP contribution >= 0.6 is 0 Å². The normalized spacial score (nSPS) is 14.9. The van der Waals surface area contributed by atoms with Crippen molar-refractivity contribution in [2.75, 3.05) is 26.2 Å². The van der Waals surface area contributed by atoms with E-state index in [1.165, 1.54) is 17.0 Å². The lowest BCUT2D eigenvalue weighted by molar-refractivity contribution is -0.137. The molecule has 0 atom stereocenters. The van der Waals surface area contributed by atoms with Crippen molar-refractivity contribution in [2.24, 2.45) is 5.92 Å². The third kappa shape index (κ3) is 7.71. The molecule has 0 spiro atoms. The number of ether oxygens (including phenoxy) is 1. The fourth-order valence-corrected chi connectivity index (χ4v) is 8.39. The molecule has 5 rings (SSSR count). The van der Waals surface area contributed by atoms with E-state index < -0.39 is 63.5 Å². The van der Waals surface area contributed by atoms with Crippen molar-refractivity contribution >= 4 is 80.5 Å². The number of likely N-dealkylation sites (tertiary alicyclic amines) is 1. The van der Waals surface area contributed by atoms with E-state index in [4.69, 9.17) is 9.84 Å². The first kappa shape index (κ1) is 36.1. The number of unbranched alkanes of at least 4 members (excludes halogenated alkanes) is 2. The van der Waals surface area contributed by atoms with Gasteiger partial charge in [0.1, 0.15) is 20.4 Å². The second-order valence-electron chi connectivity index (χ2n) is 11.7. The predicted molar refractivity (Wildman–Crippen MR) is 174 cm³/mol. The van der Waals surface area contributed by atoms with E-state index in [0.717, 1.165) is 18.2 Å². The van der Waals surface area contributed by atoms with Crippen LogP contribution in [0.3, 0.4) is 0 Å². The zero-order valence-corrected chi connectivity index (χ0v) is 28.1. The molecule has 264 valence electrons. The molecular weight excluding hydrogens is 709 g/mol. The Balaban J connectivity index is 1.40. The monoisotopic (exact) mass is 740 g/mol. The molecular formula is C30H32N2O14S3. The molecule has 0 aromatic heterocycles. The van der Waals surface area contributed by atoms with Gasteiger partial charge in [0.05, 0.1) is 0 Å². The number of nitrogens with one attached hydrogen (secondary N) is 1. The van der Waals surface area contributed by atoms with Gasteiger partial charge in [-0.25, -0.2) is 0 Å². The molecule has 19 heteroatoms. The van der Waals surface area contributed by atoms with Crippen molar-refractivity contribution in [2.45, 2.75) is 53.2 Å². The fraction of sp³-hybridized carbons (Fsp3) is 0.367. The summed E-state index contributed by atoms with van der Waals surface area (Å²) >= 11 is 0. The number of carbonyl (C=O) groups is 3. The molecule has 1 aliphatic heterocycles. The van der Waals surface area contributed by atoms with Crippen LogP contribution in [0.2, 0.25) is 0 Å². The van der Waals surface area contributed by atoms with Crippen molar-refractivity contribution < 1.29 is 63.1 Å². The van der Waals surface area contributed by atoms with E-state index in [0.29, 0.717) is 44.7 Å². The number of nitrogens with zero attached hydrogens (tertiary/aromatic N) is 1. The Kier molecular flexibility index (Phi) is 10.1. The summed E-state index contributed by atoms with van der Waals surface area (Å²) in [6, 6.07) is 6.35. The average Bonchev–Trinajstić information content (AvgIpc) is 3.02. The molecule has 2 amide bonds. The SMILES string of the molecule is O=C(O)CCCCCNC(=O)C1CCN(C(=O)COc2cc(S(=O)(=O)O)c3ccc4c(S(=O)(=O)O)cc(S(=O)(=O)O)c5ccc2c3c54)CC1. The molecule has 5 N–H and O–H groups in total. The minimum Gasteiger partial charge on any atom is -0.483 e. The summed E-state index contributed by atoms with van der Waals surface area (Å²) in [6.45, 7) is 0.258. The number of hydrogen-bond donors (Lipinski definition) is 5. The molecule has 4 aromatic rings. The predicted octanol–water partition coefficient (Wildman–Crippen LogP) is 2.70. The molecule has 0 aliphatic carbocycles. The van der Waals surface area contributed by atoms with Crippen LogP contribution in [-0.4, -0.2) is 92.9 Å². The van der Waals surface area contributed by atoms with E-state index >= 15 is 0 Å². The van der Waals surface area contributed by atoms with Gasteiger partial charge in [-0.15, -0.1) is 0 Å². The van der Waals surface area contributed by atoms with Gasteiger partial charge in [-0.3, -0.25) is 28.0 Å². The van der Waals surface area contributed by atoms with Gasteiger partial charge in [0.2, 0.25) is 5.91 Å². The van der Waals surface area contributed by atoms with Gasteiger partial charge >= 0.3 is 5.97 Å². The van der Waals surface area contributed by atoms with E-state index in [1.807, 2.05) is 0 Å². The van der Waals surface area contributed by atoms with Crippen LogP contribution in [0.4, 0.5) is 0 Å². The summed E-state index contributed by atoms with van der Waals surface area (Å²) in [4.78, 5) is 35.3. The van der Waals surface area contributed by atoms with Gasteiger partial charge in [0, 0.05) is 70.4 Å². The van der Waals surface area contributed by atoms with Gasteiger partial charge in [-0.1, -0.05) is 24.6 Å². The third-order valence-electron chi connectivity index (χ3n) is 8.52. The number of carboxylic acid groups (broad SMARTS) is 1. The summed E-state index contributed by atoms with van der Waals surface area (Å²) in [5, 5.41) is 10.8. The van der Waals surface area contributed by atoms with E-state index in [1.54, 1.807) is 0 Å². The number of carboxylic acids is 1. The highest BCUT2D eigenvalue weighted by Crippen LogP contribution is 2.45. The highest BCUT2D eigenvalue weighted by Gasteiger charge is 2.30. The number of aliphatic carboxylic acids is 1. The quantitative estimate of drug-likeness (QED) is 0.0750. The molecule has 16 nitrogen and oxygen atoms in total. The molecule has 0 radical (unpaired) electrons. The maximum Gasteiger partial charge on any atom is 0.303 e. The molecule has 0 saturated carbocycles. The lowest BCUT2D eigenvalue weighted by atomic mass is 9.93. The number of piperidine rings is 1. The smallest absolute Gasteiger partial charge is 0.303 e. The Morgan fingerprint density at radius 1 is 0.735 bits per heavy atom. The minimum absolute atomic E-state index is 0.0678. The second-order valence-corrected chi connectivity index (χ2v) is 15.9. The molecule has 0 unspecified atom stereocenters. The maximum atomic E-state index is 13.1. The molecule has 1 aliphatic rings. The highest BCUT2D eigenvalue weighted by molar-refractivity contribution is 7.87. The van der Waals surface area contributed by atoms with Crippen molar-refractivity contribution in [3.8, 4) is 5.75 Å². The Morgan fingerprint density at radius 2 is 1.22 bits per heavy atom. The maximum absolute atomic E-state index is 13.1. The van der Waals surface area contributed by atoms with Crippen LogP contribution in [0.1, 0.15) is 38.5 Å². The average molecular weight is 741 g/mol. The molecule has 4 aromatic carbocycles. The molecule has 1 fully saturated rings. The van der Waals surface area contributed by atoms with Crippen LogP contribution in [-0.2, 0) is 44.7 Å². The Morgan fingerprint density at radius 3 is 1.73 bits per heavy atom. The van der Waals surface area contributed by atoms with Gasteiger partial charge in [-0.05, 0) is 37.8 Å². The number of benzene rings is 4. The second kappa shape index (κ2) is 13.6. The highest BCUT2D eigenvalue weighted by atomic mass is 32.2. The van der Waals surface area contributed by atoms with Crippen molar-refractivity contribution in [1.29, 1.82) is 0 Å². The van der Waals surface area contributed by atoms with E-state index in [9.17, 15) is 53.3 Å². The zero-order chi connectivity index (χ0) is 35.9. The first-order chi connectivity index (χ1) is 22.9. The fourth-order valence-electron chi connectivity index (χ4n) is 6.18. The summed E-state index contributed by atoms with van der Waals surface area (Å²) in [5.74, 6) is -2.10. The molecule has 0 bridgehead atoms. The molecule has 49 heavy (non-hydrogen) atoms. The van der Waals surface area contributed by atoms with Crippen LogP contribution in [0.25, 0.3) is 32.3 Å². The van der Waals surface area contributed by atoms with Gasteiger partial charge < -0.3 is 20.1 Å². The molecule has 1 heterocycles. The summed E-state index contributed by atoms with van der Waals surface area (Å²) in [7, 11) is -15.1. The number of amides is 2. The summed E-state index contributed by atoms with van der Waals surface area (Å²) in [5.41, 5.74) is 0. The zero-order valence-electron chi connectivity index (χ0n) is 25.7. The minimum atomic E-state index is -5.08. The van der Waals surface area contributed by atoms with E-state index in [-0.39, 0.29) is 69.4 Å². The Hall–Kier alpha value is -4.14. The Bertz CT molecular complexity index is 2250. The molecule has 1 saturated heterocycles.